The zero-order valence-corrected chi connectivity index (χ0v) is 12.9. The Morgan fingerprint density at radius 3 is 2.57 bits per heavy atom. The fourth-order valence-electron chi connectivity index (χ4n) is 2.95. The minimum Gasteiger partial charge on any atom is -0.369 e. The molecule has 1 aromatic carbocycles. The number of amides is 2. The number of likely N-dealkylation sites (tertiary alicyclic amines) is 1. The molecule has 2 amide bonds. The lowest BCUT2D eigenvalue weighted by Gasteiger charge is -2.37. The predicted octanol–water partition coefficient (Wildman–Crippen LogP) is 0.993. The van der Waals surface area contributed by atoms with Gasteiger partial charge in [0.05, 0.1) is 29.6 Å². The van der Waals surface area contributed by atoms with E-state index in [0.29, 0.717) is 17.8 Å². The molecule has 7 nitrogen and oxygen atoms in total. The van der Waals surface area contributed by atoms with Crippen LogP contribution in [0.3, 0.4) is 0 Å². The number of rotatable bonds is 3. The summed E-state index contributed by atoms with van der Waals surface area (Å²) in [6.07, 6.45) is 4.62. The first-order valence-corrected chi connectivity index (χ1v) is 7.64. The molecule has 0 radical (unpaired) electrons. The Labute approximate surface area is 134 Å². The molecule has 1 aliphatic rings. The van der Waals surface area contributed by atoms with E-state index in [0.717, 1.165) is 12.8 Å². The van der Waals surface area contributed by atoms with Gasteiger partial charge in [0.1, 0.15) is 0 Å². The standard InChI is InChI=1S/C16H19N5O2/c1-11-6-7-12(15(17)22)10-20(11)16(23)13-4-2-3-5-14(13)21-18-8-9-19-21/h2-5,8-9,11-12H,6-7,10H2,1H3,(H2,17,22). The molecule has 2 aromatic rings. The maximum absolute atomic E-state index is 13.0. The van der Waals surface area contributed by atoms with E-state index in [2.05, 4.69) is 10.2 Å². The molecular formula is C16H19N5O2. The van der Waals surface area contributed by atoms with Crippen molar-refractivity contribution in [1.29, 1.82) is 0 Å². The van der Waals surface area contributed by atoms with Gasteiger partial charge < -0.3 is 10.6 Å². The van der Waals surface area contributed by atoms with Crippen molar-refractivity contribution in [2.45, 2.75) is 25.8 Å². The molecular weight excluding hydrogens is 294 g/mol. The van der Waals surface area contributed by atoms with Crippen LogP contribution in [0, 0.1) is 5.92 Å². The fraction of sp³-hybridized carbons (Fsp3) is 0.375. The lowest BCUT2D eigenvalue weighted by atomic mass is 9.92. The molecule has 1 aromatic heterocycles. The van der Waals surface area contributed by atoms with Crippen LogP contribution in [0.15, 0.2) is 36.7 Å². The minimum absolute atomic E-state index is 0.0664. The van der Waals surface area contributed by atoms with E-state index < -0.39 is 0 Å². The number of carbonyl (C=O) groups excluding carboxylic acids is 2. The van der Waals surface area contributed by atoms with E-state index in [1.54, 1.807) is 35.5 Å². The minimum atomic E-state index is -0.350. The summed E-state index contributed by atoms with van der Waals surface area (Å²) < 4.78 is 0. The highest BCUT2D eigenvalue weighted by Crippen LogP contribution is 2.25. The number of hydrogen-bond donors (Lipinski definition) is 1. The smallest absolute Gasteiger partial charge is 0.256 e. The van der Waals surface area contributed by atoms with E-state index in [4.69, 9.17) is 5.73 Å². The second-order valence-electron chi connectivity index (χ2n) is 5.82. The quantitative estimate of drug-likeness (QED) is 0.914. The molecule has 7 heteroatoms. The van der Waals surface area contributed by atoms with Crippen LogP contribution < -0.4 is 5.73 Å². The van der Waals surface area contributed by atoms with Crippen LogP contribution >= 0.6 is 0 Å². The SMILES string of the molecule is CC1CCC(C(N)=O)CN1C(=O)c1ccccc1-n1nccn1. The highest BCUT2D eigenvalue weighted by Gasteiger charge is 2.33. The van der Waals surface area contributed by atoms with Crippen LogP contribution in [0.1, 0.15) is 30.1 Å². The first-order chi connectivity index (χ1) is 11.1. The summed E-state index contributed by atoms with van der Waals surface area (Å²) >= 11 is 0. The van der Waals surface area contributed by atoms with Gasteiger partial charge in [-0.1, -0.05) is 12.1 Å². The molecule has 2 unspecified atom stereocenters. The topological polar surface area (TPSA) is 94.1 Å². The van der Waals surface area contributed by atoms with Crippen molar-refractivity contribution in [3.63, 3.8) is 0 Å². The Bertz CT molecular complexity index is 713. The van der Waals surface area contributed by atoms with Gasteiger partial charge >= 0.3 is 0 Å². The average molecular weight is 313 g/mol. The number of hydrogen-bond acceptors (Lipinski definition) is 4. The van der Waals surface area contributed by atoms with E-state index in [-0.39, 0.29) is 23.8 Å². The highest BCUT2D eigenvalue weighted by molar-refractivity contribution is 5.98. The molecule has 0 aliphatic carbocycles. The van der Waals surface area contributed by atoms with Gasteiger partial charge in [-0.2, -0.15) is 15.0 Å². The Balaban J connectivity index is 1.92. The Morgan fingerprint density at radius 2 is 1.87 bits per heavy atom. The van der Waals surface area contributed by atoms with E-state index in [1.807, 2.05) is 13.0 Å². The van der Waals surface area contributed by atoms with Crippen molar-refractivity contribution in [2.75, 3.05) is 6.54 Å². The average Bonchev–Trinajstić information content (AvgIpc) is 3.09. The van der Waals surface area contributed by atoms with Crippen molar-refractivity contribution in [3.05, 3.63) is 42.2 Å². The molecule has 0 spiro atoms. The zero-order chi connectivity index (χ0) is 16.4. The lowest BCUT2D eigenvalue weighted by Crippen LogP contribution is -2.48. The van der Waals surface area contributed by atoms with Crippen LogP contribution in [0.5, 0.6) is 0 Å². The summed E-state index contributed by atoms with van der Waals surface area (Å²) in [5, 5.41) is 8.20. The lowest BCUT2D eigenvalue weighted by molar-refractivity contribution is -0.123. The number of carbonyl (C=O) groups is 2. The second kappa shape index (κ2) is 6.20. The third-order valence-corrected chi connectivity index (χ3v) is 4.31. The van der Waals surface area contributed by atoms with Gasteiger partial charge in [0.15, 0.2) is 0 Å². The Kier molecular flexibility index (Phi) is 4.10. The molecule has 120 valence electrons. The molecule has 2 N–H and O–H groups in total. The monoisotopic (exact) mass is 313 g/mol. The molecule has 23 heavy (non-hydrogen) atoms. The van der Waals surface area contributed by atoms with E-state index in [9.17, 15) is 9.59 Å². The van der Waals surface area contributed by atoms with Crippen molar-refractivity contribution in [3.8, 4) is 5.69 Å². The first kappa shape index (κ1) is 15.2. The van der Waals surface area contributed by atoms with Crippen molar-refractivity contribution < 1.29 is 9.59 Å². The number of primary amides is 1. The summed E-state index contributed by atoms with van der Waals surface area (Å²) in [6, 6.07) is 7.26. The molecule has 0 bridgehead atoms. The summed E-state index contributed by atoms with van der Waals surface area (Å²) in [6.45, 7) is 2.35. The molecule has 1 fully saturated rings. The van der Waals surface area contributed by atoms with Gasteiger partial charge in [-0.3, -0.25) is 9.59 Å². The molecule has 2 heterocycles. The van der Waals surface area contributed by atoms with Gasteiger partial charge in [0.2, 0.25) is 5.91 Å². The molecule has 3 rings (SSSR count). The summed E-state index contributed by atoms with van der Waals surface area (Å²) in [5.41, 5.74) is 6.56. The Hall–Kier alpha value is -2.70. The van der Waals surface area contributed by atoms with Gasteiger partial charge in [-0.25, -0.2) is 0 Å². The number of nitrogens with two attached hydrogens (primary N) is 1. The largest absolute Gasteiger partial charge is 0.369 e. The van der Waals surface area contributed by atoms with E-state index >= 15 is 0 Å². The Morgan fingerprint density at radius 1 is 1.17 bits per heavy atom. The van der Waals surface area contributed by atoms with Crippen LogP contribution in [0.2, 0.25) is 0 Å². The maximum atomic E-state index is 13.0. The number of piperidine rings is 1. The number of aromatic nitrogens is 3. The highest BCUT2D eigenvalue weighted by atomic mass is 16.2. The normalized spacial score (nSPS) is 21.2. The maximum Gasteiger partial charge on any atom is 0.256 e. The van der Waals surface area contributed by atoms with Crippen molar-refractivity contribution >= 4 is 11.8 Å². The van der Waals surface area contributed by atoms with Crippen LogP contribution in [0.25, 0.3) is 5.69 Å². The van der Waals surface area contributed by atoms with Crippen molar-refractivity contribution in [2.24, 2.45) is 11.7 Å². The zero-order valence-electron chi connectivity index (χ0n) is 12.9. The number of nitrogens with zero attached hydrogens (tertiary/aromatic N) is 4. The fourth-order valence-corrected chi connectivity index (χ4v) is 2.95. The summed E-state index contributed by atoms with van der Waals surface area (Å²) in [7, 11) is 0. The summed E-state index contributed by atoms with van der Waals surface area (Å²) in [5.74, 6) is -0.766. The summed E-state index contributed by atoms with van der Waals surface area (Å²) in [4.78, 5) is 27.6. The van der Waals surface area contributed by atoms with Gasteiger partial charge in [-0.15, -0.1) is 0 Å². The first-order valence-electron chi connectivity index (χ1n) is 7.64. The number of benzene rings is 1. The molecule has 1 aliphatic heterocycles. The van der Waals surface area contributed by atoms with Gasteiger partial charge in [-0.05, 0) is 31.9 Å². The predicted molar refractivity (Wildman–Crippen MR) is 83.8 cm³/mol. The number of para-hydroxylation sites is 1. The third-order valence-electron chi connectivity index (χ3n) is 4.31. The van der Waals surface area contributed by atoms with Gasteiger partial charge in [0, 0.05) is 12.6 Å². The van der Waals surface area contributed by atoms with Crippen LogP contribution in [0.4, 0.5) is 0 Å². The van der Waals surface area contributed by atoms with Gasteiger partial charge in [0.25, 0.3) is 5.91 Å². The third kappa shape index (κ3) is 2.94. The molecule has 0 saturated carbocycles. The molecule has 1 saturated heterocycles. The van der Waals surface area contributed by atoms with Crippen molar-refractivity contribution in [1.82, 2.24) is 19.9 Å². The van der Waals surface area contributed by atoms with Crippen LogP contribution in [-0.4, -0.2) is 44.3 Å². The molecule has 2 atom stereocenters. The van der Waals surface area contributed by atoms with Crippen LogP contribution in [-0.2, 0) is 4.79 Å². The van der Waals surface area contributed by atoms with E-state index in [1.165, 1.54) is 4.80 Å². The second-order valence-corrected chi connectivity index (χ2v) is 5.82.